The van der Waals surface area contributed by atoms with E-state index in [4.69, 9.17) is 12.2 Å². The Morgan fingerprint density at radius 3 is 2.83 bits per heavy atom. The van der Waals surface area contributed by atoms with Crippen LogP contribution < -0.4 is 10.7 Å². The molecule has 98 valence electrons. The summed E-state index contributed by atoms with van der Waals surface area (Å²) in [5, 5.41) is 10.3. The van der Waals surface area contributed by atoms with Crippen LogP contribution in [0.15, 0.2) is 22.6 Å². The molecule has 2 N–H and O–H groups in total. The van der Waals surface area contributed by atoms with Crippen molar-refractivity contribution in [2.45, 2.75) is 45.1 Å². The lowest BCUT2D eigenvalue weighted by Gasteiger charge is -2.23. The van der Waals surface area contributed by atoms with Crippen LogP contribution in [-0.2, 0) is 0 Å². The van der Waals surface area contributed by atoms with Crippen molar-refractivity contribution >= 4 is 34.4 Å². The fourth-order valence-electron chi connectivity index (χ4n) is 2.14. The van der Waals surface area contributed by atoms with E-state index in [2.05, 4.69) is 21.9 Å². The van der Waals surface area contributed by atoms with Crippen molar-refractivity contribution < 1.29 is 0 Å². The third-order valence-corrected chi connectivity index (χ3v) is 4.33. The normalized spacial score (nSPS) is 17.5. The zero-order chi connectivity index (χ0) is 12.8. The molecule has 0 saturated heterocycles. The summed E-state index contributed by atoms with van der Waals surface area (Å²) in [7, 11) is 0. The number of hydrogen-bond acceptors (Lipinski definition) is 3. The van der Waals surface area contributed by atoms with E-state index in [1.54, 1.807) is 11.3 Å². The standard InChI is InChI=1S/C13H19N3S2/c1-10(12-8-5-9-18-12)15-16-13(17)14-11-6-3-2-4-7-11/h5,8-9,11H,2-4,6-7H2,1H3,(H2,14,16,17)/b15-10-. The topological polar surface area (TPSA) is 36.4 Å². The molecule has 0 amide bonds. The molecule has 0 bridgehead atoms. The molecule has 1 aliphatic rings. The minimum Gasteiger partial charge on any atom is -0.359 e. The maximum Gasteiger partial charge on any atom is 0.187 e. The summed E-state index contributed by atoms with van der Waals surface area (Å²) in [4.78, 5) is 1.17. The average Bonchev–Trinajstić information content (AvgIpc) is 2.91. The Morgan fingerprint density at radius 2 is 2.17 bits per heavy atom. The summed E-state index contributed by atoms with van der Waals surface area (Å²) in [6.07, 6.45) is 6.40. The van der Waals surface area contributed by atoms with E-state index in [1.807, 2.05) is 18.4 Å². The van der Waals surface area contributed by atoms with E-state index in [-0.39, 0.29) is 0 Å². The van der Waals surface area contributed by atoms with Gasteiger partial charge in [0.25, 0.3) is 0 Å². The van der Waals surface area contributed by atoms with Gasteiger partial charge in [-0.1, -0.05) is 25.3 Å². The van der Waals surface area contributed by atoms with Crippen LogP contribution in [0.1, 0.15) is 43.9 Å². The molecule has 1 aromatic rings. The van der Waals surface area contributed by atoms with Gasteiger partial charge in [-0.05, 0) is 43.4 Å². The summed E-state index contributed by atoms with van der Waals surface area (Å²) >= 11 is 6.94. The van der Waals surface area contributed by atoms with E-state index in [1.165, 1.54) is 37.0 Å². The number of nitrogens with zero attached hydrogens (tertiary/aromatic N) is 1. The first-order chi connectivity index (χ1) is 8.75. The summed E-state index contributed by atoms with van der Waals surface area (Å²) < 4.78 is 0. The lowest BCUT2D eigenvalue weighted by molar-refractivity contribution is 0.412. The quantitative estimate of drug-likeness (QED) is 0.507. The van der Waals surface area contributed by atoms with Crippen LogP contribution in [0.2, 0.25) is 0 Å². The zero-order valence-electron chi connectivity index (χ0n) is 10.6. The summed E-state index contributed by atoms with van der Waals surface area (Å²) in [6.45, 7) is 1.99. The smallest absolute Gasteiger partial charge is 0.187 e. The van der Waals surface area contributed by atoms with Gasteiger partial charge in [0, 0.05) is 10.9 Å². The molecule has 1 saturated carbocycles. The molecule has 0 aromatic carbocycles. The fraction of sp³-hybridized carbons (Fsp3) is 0.538. The maximum atomic E-state index is 5.26. The number of nitrogens with one attached hydrogen (secondary N) is 2. The van der Waals surface area contributed by atoms with Gasteiger partial charge in [0.1, 0.15) is 0 Å². The number of thiocarbonyl (C=S) groups is 1. The van der Waals surface area contributed by atoms with Crippen LogP contribution in [0.3, 0.4) is 0 Å². The van der Waals surface area contributed by atoms with Gasteiger partial charge in [-0.2, -0.15) is 5.10 Å². The Labute approximate surface area is 118 Å². The summed E-state index contributed by atoms with van der Waals surface area (Å²) in [6, 6.07) is 4.61. The van der Waals surface area contributed by atoms with E-state index in [0.29, 0.717) is 11.2 Å². The van der Waals surface area contributed by atoms with Crippen LogP contribution in [-0.4, -0.2) is 16.9 Å². The van der Waals surface area contributed by atoms with Gasteiger partial charge in [-0.15, -0.1) is 11.3 Å². The van der Waals surface area contributed by atoms with Crippen LogP contribution in [0.4, 0.5) is 0 Å². The molecule has 1 aliphatic carbocycles. The van der Waals surface area contributed by atoms with Crippen molar-refractivity contribution in [3.8, 4) is 0 Å². The Morgan fingerprint density at radius 1 is 1.39 bits per heavy atom. The van der Waals surface area contributed by atoms with E-state index >= 15 is 0 Å². The zero-order valence-corrected chi connectivity index (χ0v) is 12.2. The first-order valence-corrected chi connectivity index (χ1v) is 7.69. The highest BCUT2D eigenvalue weighted by Gasteiger charge is 2.13. The molecule has 3 nitrogen and oxygen atoms in total. The van der Waals surface area contributed by atoms with E-state index in [9.17, 15) is 0 Å². The van der Waals surface area contributed by atoms with Gasteiger partial charge < -0.3 is 5.32 Å². The minimum atomic E-state index is 0.524. The Balaban J connectivity index is 1.78. The molecule has 1 aromatic heterocycles. The van der Waals surface area contributed by atoms with Crippen molar-refractivity contribution in [1.29, 1.82) is 0 Å². The largest absolute Gasteiger partial charge is 0.359 e. The van der Waals surface area contributed by atoms with Gasteiger partial charge in [-0.3, -0.25) is 5.43 Å². The van der Waals surface area contributed by atoms with E-state index < -0.39 is 0 Å². The molecule has 0 unspecified atom stereocenters. The van der Waals surface area contributed by atoms with Crippen LogP contribution in [0.5, 0.6) is 0 Å². The number of hydrogen-bond donors (Lipinski definition) is 2. The predicted molar refractivity (Wildman–Crippen MR) is 82.3 cm³/mol. The van der Waals surface area contributed by atoms with Gasteiger partial charge in [-0.25, -0.2) is 0 Å². The maximum absolute atomic E-state index is 5.26. The van der Waals surface area contributed by atoms with Crippen molar-refractivity contribution in [2.24, 2.45) is 5.10 Å². The Hall–Kier alpha value is -0.940. The first-order valence-electron chi connectivity index (χ1n) is 6.40. The average molecular weight is 281 g/mol. The molecular formula is C13H19N3S2. The third kappa shape index (κ3) is 4.07. The van der Waals surface area contributed by atoms with Gasteiger partial charge in [0.05, 0.1) is 5.71 Å². The molecule has 18 heavy (non-hydrogen) atoms. The Kier molecular flexibility index (Phi) is 5.13. The molecule has 0 aliphatic heterocycles. The Bertz CT molecular complexity index is 406. The highest BCUT2D eigenvalue weighted by Crippen LogP contribution is 2.17. The highest BCUT2D eigenvalue weighted by molar-refractivity contribution is 7.80. The van der Waals surface area contributed by atoms with Crippen LogP contribution >= 0.6 is 23.6 Å². The molecule has 5 heteroatoms. The summed E-state index contributed by atoms with van der Waals surface area (Å²) in [5.74, 6) is 0. The van der Waals surface area contributed by atoms with E-state index in [0.717, 1.165) is 5.71 Å². The van der Waals surface area contributed by atoms with Crippen molar-refractivity contribution in [2.75, 3.05) is 0 Å². The monoisotopic (exact) mass is 281 g/mol. The SMILES string of the molecule is C/C(=N/NC(=S)NC1CCCCC1)c1cccs1. The van der Waals surface area contributed by atoms with Gasteiger partial charge in [0.15, 0.2) is 5.11 Å². The van der Waals surface area contributed by atoms with Crippen molar-refractivity contribution in [1.82, 2.24) is 10.7 Å². The summed E-state index contributed by atoms with van der Waals surface area (Å²) in [5.41, 5.74) is 3.90. The molecule has 0 spiro atoms. The first kappa shape index (κ1) is 13.5. The molecule has 0 atom stereocenters. The molecule has 0 radical (unpaired) electrons. The number of hydrazone groups is 1. The second kappa shape index (κ2) is 6.85. The number of rotatable bonds is 3. The van der Waals surface area contributed by atoms with Crippen LogP contribution in [0.25, 0.3) is 0 Å². The molecule has 2 rings (SSSR count). The fourth-order valence-corrected chi connectivity index (χ4v) is 3.03. The predicted octanol–water partition coefficient (Wildman–Crippen LogP) is 3.27. The second-order valence-electron chi connectivity index (χ2n) is 4.59. The van der Waals surface area contributed by atoms with Gasteiger partial charge >= 0.3 is 0 Å². The lowest BCUT2D eigenvalue weighted by Crippen LogP contribution is -2.41. The van der Waals surface area contributed by atoms with Crippen molar-refractivity contribution in [3.63, 3.8) is 0 Å². The molecule has 1 heterocycles. The van der Waals surface area contributed by atoms with Crippen molar-refractivity contribution in [3.05, 3.63) is 22.4 Å². The lowest BCUT2D eigenvalue weighted by atomic mass is 9.96. The van der Waals surface area contributed by atoms with Gasteiger partial charge in [0.2, 0.25) is 0 Å². The highest BCUT2D eigenvalue weighted by atomic mass is 32.1. The second-order valence-corrected chi connectivity index (χ2v) is 5.95. The molecular weight excluding hydrogens is 262 g/mol. The third-order valence-electron chi connectivity index (χ3n) is 3.14. The molecule has 1 fully saturated rings. The number of thiophene rings is 1. The van der Waals surface area contributed by atoms with Crippen LogP contribution in [0, 0.1) is 0 Å². The minimum absolute atomic E-state index is 0.524.